The van der Waals surface area contributed by atoms with Crippen molar-refractivity contribution in [2.24, 2.45) is 0 Å². The highest BCUT2D eigenvalue weighted by Gasteiger charge is 2.46. The number of alkyl halides is 1. The highest BCUT2D eigenvalue weighted by molar-refractivity contribution is 5.86. The maximum Gasteiger partial charge on any atom is 0.264 e. The van der Waals surface area contributed by atoms with E-state index in [1.54, 1.807) is 17.1 Å². The molecule has 1 aliphatic heterocycles. The van der Waals surface area contributed by atoms with Crippen molar-refractivity contribution in [2.75, 3.05) is 72.5 Å². The molecular weight excluding hydrogens is 812 g/mol. The Bertz CT molecular complexity index is 1690. The Balaban J connectivity index is 0.901. The fourth-order valence-corrected chi connectivity index (χ4v) is 7.19. The third-order valence-electron chi connectivity index (χ3n) is 10.6. The van der Waals surface area contributed by atoms with E-state index in [1.807, 2.05) is 36.4 Å². The predicted molar refractivity (Wildman–Crippen MR) is 220 cm³/mol. The maximum absolute atomic E-state index is 16.7. The molecule has 0 radical (unpaired) electrons. The average molecular weight is 875 g/mol. The highest BCUT2D eigenvalue weighted by atomic mass is 19.1. The second-order valence-corrected chi connectivity index (χ2v) is 15.4. The van der Waals surface area contributed by atoms with Crippen LogP contribution in [-0.2, 0) is 65.0 Å². The van der Waals surface area contributed by atoms with Gasteiger partial charge >= 0.3 is 0 Å². The second kappa shape index (κ2) is 26.5. The van der Waals surface area contributed by atoms with E-state index in [1.165, 1.54) is 0 Å². The van der Waals surface area contributed by atoms with Gasteiger partial charge in [0, 0.05) is 64.9 Å². The van der Waals surface area contributed by atoms with Crippen molar-refractivity contribution in [1.82, 2.24) is 40.5 Å². The van der Waals surface area contributed by atoms with Gasteiger partial charge in [0.2, 0.25) is 11.6 Å². The molecule has 4 heterocycles. The molecule has 3 unspecified atom stereocenters. The molecule has 6 N–H and O–H groups in total. The van der Waals surface area contributed by atoms with Crippen LogP contribution in [0.2, 0.25) is 0 Å². The number of aromatic nitrogens is 5. The van der Waals surface area contributed by atoms with Gasteiger partial charge in [-0.25, -0.2) is 9.07 Å². The summed E-state index contributed by atoms with van der Waals surface area (Å²) in [5, 5.41) is 52.7. The molecular formula is C42H63FN8O11. The number of nitrogens with zero attached hydrogens (tertiary/aromatic N) is 6. The van der Waals surface area contributed by atoms with E-state index in [0.717, 1.165) is 37.2 Å². The quantitative estimate of drug-likeness (QED) is 0.0565. The summed E-state index contributed by atoms with van der Waals surface area (Å²) in [6, 6.07) is 11.8. The van der Waals surface area contributed by atoms with Crippen molar-refractivity contribution in [3.8, 4) is 0 Å². The Morgan fingerprint density at radius 1 is 0.806 bits per heavy atom. The van der Waals surface area contributed by atoms with Crippen LogP contribution in [0.3, 0.4) is 0 Å². The molecule has 1 aliphatic carbocycles. The zero-order valence-corrected chi connectivity index (χ0v) is 35.3. The van der Waals surface area contributed by atoms with Crippen LogP contribution in [0.4, 0.5) is 4.39 Å². The Kier molecular flexibility index (Phi) is 20.9. The maximum atomic E-state index is 16.7. The van der Waals surface area contributed by atoms with Crippen LogP contribution in [-0.4, -0.2) is 165 Å². The number of carbonyl (C=O) groups is 2. The van der Waals surface area contributed by atoms with E-state index in [-0.39, 0.29) is 31.9 Å². The third kappa shape index (κ3) is 15.6. The second-order valence-electron chi connectivity index (χ2n) is 15.4. The summed E-state index contributed by atoms with van der Waals surface area (Å²) in [6.45, 7) is 4.79. The van der Waals surface area contributed by atoms with E-state index >= 15 is 4.39 Å². The fourth-order valence-electron chi connectivity index (χ4n) is 7.19. The molecule has 344 valence electrons. The summed E-state index contributed by atoms with van der Waals surface area (Å²) in [5.74, 6) is -1.10. The van der Waals surface area contributed by atoms with Crippen LogP contribution >= 0.6 is 0 Å². The standard InChI is InChI=1S/C42H63FN8O11/c43-42(14-5-1-2-13-33-39(42)48-49-51(33)20-10-19-50(27-31-11-3-6-15-44-31)28-32-12-4-7-16-45-32)41(57)47-18-9-22-59-24-26-60-25-23-58-21-8-17-46-35(52)30-61-29-34-36(53)37(54)38(55)40(56)62-34/h3-4,6-7,11-12,15-16,34,36-38,40,53-56H,1-2,5,8-10,13-14,17-30H2,(H,46,52)(H,47,57)/t34?,36-,37+,38?,40-,42?/m1/s1. The molecule has 19 nitrogen and oxygen atoms in total. The van der Waals surface area contributed by atoms with Crippen LogP contribution in [0.25, 0.3) is 0 Å². The molecule has 2 amide bonds. The van der Waals surface area contributed by atoms with Gasteiger partial charge in [0.1, 0.15) is 36.7 Å². The lowest BCUT2D eigenvalue weighted by Gasteiger charge is -2.38. The molecule has 62 heavy (non-hydrogen) atoms. The summed E-state index contributed by atoms with van der Waals surface area (Å²) < 4.78 is 45.3. The molecule has 1 fully saturated rings. The zero-order chi connectivity index (χ0) is 44.0. The molecule has 0 saturated carbocycles. The summed E-state index contributed by atoms with van der Waals surface area (Å²) in [6.07, 6.45) is 0.821. The molecule has 6 atom stereocenters. The minimum atomic E-state index is -2.26. The van der Waals surface area contributed by atoms with Gasteiger partial charge in [0.05, 0.1) is 50.1 Å². The first-order valence-electron chi connectivity index (χ1n) is 21.5. The Hall–Kier alpha value is -4.09. The number of ether oxygens (including phenoxy) is 5. The minimum Gasteiger partial charge on any atom is -0.387 e. The smallest absolute Gasteiger partial charge is 0.264 e. The van der Waals surface area contributed by atoms with Crippen molar-refractivity contribution in [2.45, 2.75) is 107 Å². The Labute approximate surface area is 361 Å². The van der Waals surface area contributed by atoms with E-state index < -0.39 is 48.2 Å². The van der Waals surface area contributed by atoms with Crippen LogP contribution in [0.5, 0.6) is 0 Å². The van der Waals surface area contributed by atoms with Gasteiger partial charge in [0.15, 0.2) is 6.29 Å². The van der Waals surface area contributed by atoms with Crippen LogP contribution in [0.15, 0.2) is 48.8 Å². The van der Waals surface area contributed by atoms with Gasteiger partial charge in [-0.1, -0.05) is 23.8 Å². The number of halogens is 1. The summed E-state index contributed by atoms with van der Waals surface area (Å²) in [5.41, 5.74) is 0.470. The number of fused-ring (bicyclic) bond motifs is 1. The van der Waals surface area contributed by atoms with E-state index in [4.69, 9.17) is 23.7 Å². The minimum absolute atomic E-state index is 0.0506. The lowest BCUT2D eigenvalue weighted by Crippen LogP contribution is -2.58. The number of hydrogen-bond donors (Lipinski definition) is 6. The van der Waals surface area contributed by atoms with Crippen LogP contribution in [0, 0.1) is 0 Å². The number of aryl methyl sites for hydroxylation is 1. The van der Waals surface area contributed by atoms with Crippen molar-refractivity contribution in [3.63, 3.8) is 0 Å². The number of aliphatic hydroxyl groups excluding tert-OH is 4. The number of amides is 2. The number of aliphatic hydroxyl groups is 4. The number of rotatable bonds is 27. The monoisotopic (exact) mass is 874 g/mol. The average Bonchev–Trinajstić information content (AvgIpc) is 3.67. The molecule has 2 aliphatic rings. The molecule has 0 aromatic carbocycles. The molecule has 0 bridgehead atoms. The number of hydrogen-bond acceptors (Lipinski definition) is 16. The number of carbonyl (C=O) groups excluding carboxylic acids is 2. The van der Waals surface area contributed by atoms with Gasteiger partial charge < -0.3 is 54.7 Å². The summed E-state index contributed by atoms with van der Waals surface area (Å²) in [7, 11) is 0. The van der Waals surface area contributed by atoms with Gasteiger partial charge in [0.25, 0.3) is 5.91 Å². The third-order valence-corrected chi connectivity index (χ3v) is 10.6. The Morgan fingerprint density at radius 3 is 2.10 bits per heavy atom. The molecule has 3 aromatic heterocycles. The predicted octanol–water partition coefficient (Wildman–Crippen LogP) is 0.321. The topological polar surface area (TPSA) is 245 Å². The SMILES string of the molecule is O=C(COCC1O[C@@H](O)C(O)[C@@H](O)[C@@H]1O)NCCCOCCOCCOCCCNC(=O)C1(F)CCCCCc2c1nnn2CCCN(Cc1ccccn1)Cc1ccccn1. The first-order chi connectivity index (χ1) is 30.2. The lowest BCUT2D eigenvalue weighted by atomic mass is 9.88. The Morgan fingerprint density at radius 2 is 1.45 bits per heavy atom. The van der Waals surface area contributed by atoms with Crippen molar-refractivity contribution >= 4 is 11.8 Å². The van der Waals surface area contributed by atoms with Crippen LogP contribution in [0.1, 0.15) is 67.7 Å². The fraction of sp³-hybridized carbons (Fsp3) is 0.667. The molecule has 5 rings (SSSR count). The number of pyridine rings is 2. The van der Waals surface area contributed by atoms with Gasteiger partial charge in [-0.2, -0.15) is 0 Å². The number of nitrogens with one attached hydrogen (secondary N) is 2. The van der Waals surface area contributed by atoms with Gasteiger partial charge in [-0.05, 0) is 69.2 Å². The lowest BCUT2D eigenvalue weighted by molar-refractivity contribution is -0.288. The van der Waals surface area contributed by atoms with E-state index in [2.05, 4.69) is 35.8 Å². The van der Waals surface area contributed by atoms with E-state index in [9.17, 15) is 30.0 Å². The van der Waals surface area contributed by atoms with Crippen molar-refractivity contribution in [1.29, 1.82) is 0 Å². The van der Waals surface area contributed by atoms with Crippen molar-refractivity contribution < 1.29 is 58.1 Å². The molecule has 1 saturated heterocycles. The zero-order valence-electron chi connectivity index (χ0n) is 35.3. The normalized spacial score (nSPS) is 22.8. The molecule has 0 spiro atoms. The highest BCUT2D eigenvalue weighted by Crippen LogP contribution is 2.36. The largest absolute Gasteiger partial charge is 0.387 e. The molecule has 3 aromatic rings. The first kappa shape index (κ1) is 48.9. The molecule has 20 heteroatoms. The van der Waals surface area contributed by atoms with Gasteiger partial charge in [-0.3, -0.25) is 24.5 Å². The van der Waals surface area contributed by atoms with Crippen LogP contribution < -0.4 is 10.6 Å². The first-order valence-corrected chi connectivity index (χ1v) is 21.5. The van der Waals surface area contributed by atoms with Crippen molar-refractivity contribution in [3.05, 3.63) is 71.6 Å². The summed E-state index contributed by atoms with van der Waals surface area (Å²) >= 11 is 0. The van der Waals surface area contributed by atoms with Gasteiger partial charge in [-0.15, -0.1) is 5.10 Å². The van der Waals surface area contributed by atoms with E-state index in [0.29, 0.717) is 97.2 Å². The summed E-state index contributed by atoms with van der Waals surface area (Å²) in [4.78, 5) is 36.6.